The van der Waals surface area contributed by atoms with E-state index < -0.39 is 0 Å². The summed E-state index contributed by atoms with van der Waals surface area (Å²) in [7, 11) is 4.03. The molecule has 4 nitrogen and oxygen atoms in total. The third kappa shape index (κ3) is 3.97. The summed E-state index contributed by atoms with van der Waals surface area (Å²) in [5.41, 5.74) is 2.35. The number of β-amino-alcohol motifs (C(OH)–C–C–N with tert-alkyl or cyclic N) is 1. The molecule has 110 valence electrons. The Labute approximate surface area is 121 Å². The van der Waals surface area contributed by atoms with E-state index in [4.69, 9.17) is 0 Å². The number of anilines is 1. The molecule has 1 saturated heterocycles. The van der Waals surface area contributed by atoms with Crippen LogP contribution in [0, 0.1) is 0 Å². The second-order valence-electron chi connectivity index (χ2n) is 5.70. The molecule has 1 N–H and O–H groups in total. The normalized spacial score (nSPS) is 18.9. The van der Waals surface area contributed by atoms with Gasteiger partial charge in [-0.3, -0.25) is 4.79 Å². The molecule has 1 aliphatic rings. The van der Waals surface area contributed by atoms with Crippen LogP contribution < -0.4 is 4.90 Å². The Balaban J connectivity index is 1.83. The standard InChI is InChI=1S/C16H24N2O2/c1-17(2)14-8-5-13(6-9-14)7-10-16(20)18-11-3-4-15(19)12-18/h5-6,8-9,15,19H,3-4,7,10-12H2,1-2H3/t15-/m0/s1. The zero-order valence-electron chi connectivity index (χ0n) is 12.4. The Morgan fingerprint density at radius 2 is 2.05 bits per heavy atom. The van der Waals surface area contributed by atoms with E-state index in [-0.39, 0.29) is 12.0 Å². The molecule has 1 aromatic carbocycles. The van der Waals surface area contributed by atoms with Gasteiger partial charge in [-0.15, -0.1) is 0 Å². The molecule has 1 fully saturated rings. The van der Waals surface area contributed by atoms with Crippen molar-refractivity contribution in [2.24, 2.45) is 0 Å². The predicted octanol–water partition coefficient (Wildman–Crippen LogP) is 1.67. The van der Waals surface area contributed by atoms with Crippen LogP contribution in [0.5, 0.6) is 0 Å². The molecule has 0 aliphatic carbocycles. The van der Waals surface area contributed by atoms with E-state index in [0.29, 0.717) is 13.0 Å². The van der Waals surface area contributed by atoms with Gasteiger partial charge in [0.1, 0.15) is 0 Å². The Hall–Kier alpha value is -1.55. The van der Waals surface area contributed by atoms with Gasteiger partial charge in [0.25, 0.3) is 0 Å². The van der Waals surface area contributed by atoms with Gasteiger partial charge in [0.2, 0.25) is 5.91 Å². The molecule has 0 unspecified atom stereocenters. The highest BCUT2D eigenvalue weighted by Crippen LogP contribution is 2.15. The van der Waals surface area contributed by atoms with Crippen LogP contribution in [0.3, 0.4) is 0 Å². The summed E-state index contributed by atoms with van der Waals surface area (Å²) in [5.74, 6) is 0.153. The first-order chi connectivity index (χ1) is 9.56. The number of likely N-dealkylation sites (tertiary alicyclic amines) is 1. The van der Waals surface area contributed by atoms with Gasteiger partial charge < -0.3 is 14.9 Å². The number of piperidine rings is 1. The molecule has 20 heavy (non-hydrogen) atoms. The summed E-state index contributed by atoms with van der Waals surface area (Å²) >= 11 is 0. The Bertz CT molecular complexity index is 442. The van der Waals surface area contributed by atoms with Crippen molar-refractivity contribution in [1.29, 1.82) is 0 Å². The average Bonchev–Trinajstić information content (AvgIpc) is 2.45. The number of benzene rings is 1. The van der Waals surface area contributed by atoms with E-state index in [1.54, 1.807) is 4.90 Å². The quantitative estimate of drug-likeness (QED) is 0.910. The largest absolute Gasteiger partial charge is 0.391 e. The van der Waals surface area contributed by atoms with E-state index in [1.807, 2.05) is 14.1 Å². The van der Waals surface area contributed by atoms with Crippen LogP contribution in [0.2, 0.25) is 0 Å². The summed E-state index contributed by atoms with van der Waals surface area (Å²) in [4.78, 5) is 16.0. The number of amides is 1. The van der Waals surface area contributed by atoms with Crippen LogP contribution in [0.1, 0.15) is 24.8 Å². The summed E-state index contributed by atoms with van der Waals surface area (Å²) in [6.07, 6.45) is 2.67. The minimum atomic E-state index is -0.341. The highest BCUT2D eigenvalue weighted by atomic mass is 16.3. The number of hydrogen-bond acceptors (Lipinski definition) is 3. The number of carbonyl (C=O) groups excluding carboxylic acids is 1. The molecule has 0 radical (unpaired) electrons. The maximum absolute atomic E-state index is 12.1. The van der Waals surface area contributed by atoms with Gasteiger partial charge in [-0.25, -0.2) is 0 Å². The molecular weight excluding hydrogens is 252 g/mol. The van der Waals surface area contributed by atoms with Crippen molar-refractivity contribution >= 4 is 11.6 Å². The van der Waals surface area contributed by atoms with Gasteiger partial charge in [-0.05, 0) is 37.0 Å². The third-order valence-corrected chi connectivity index (χ3v) is 3.83. The lowest BCUT2D eigenvalue weighted by Crippen LogP contribution is -2.42. The molecular formula is C16H24N2O2. The van der Waals surface area contributed by atoms with Crippen molar-refractivity contribution in [2.75, 3.05) is 32.1 Å². The lowest BCUT2D eigenvalue weighted by Gasteiger charge is -2.30. The highest BCUT2D eigenvalue weighted by molar-refractivity contribution is 5.76. The molecule has 0 saturated carbocycles. The lowest BCUT2D eigenvalue weighted by atomic mass is 10.1. The van der Waals surface area contributed by atoms with Crippen LogP contribution in [0.25, 0.3) is 0 Å². The van der Waals surface area contributed by atoms with Crippen molar-refractivity contribution in [3.05, 3.63) is 29.8 Å². The van der Waals surface area contributed by atoms with Crippen molar-refractivity contribution in [3.8, 4) is 0 Å². The predicted molar refractivity (Wildman–Crippen MR) is 80.9 cm³/mol. The molecule has 0 aromatic heterocycles. The van der Waals surface area contributed by atoms with Gasteiger partial charge in [0.15, 0.2) is 0 Å². The van der Waals surface area contributed by atoms with Crippen molar-refractivity contribution in [3.63, 3.8) is 0 Å². The van der Waals surface area contributed by atoms with Crippen LogP contribution in [0.15, 0.2) is 24.3 Å². The molecule has 1 aromatic rings. The van der Waals surface area contributed by atoms with Crippen LogP contribution in [-0.2, 0) is 11.2 Å². The topological polar surface area (TPSA) is 43.8 Å². The second kappa shape index (κ2) is 6.75. The molecule has 1 aliphatic heterocycles. The maximum atomic E-state index is 12.1. The molecule has 2 rings (SSSR count). The summed E-state index contributed by atoms with van der Waals surface area (Å²) in [6, 6.07) is 8.30. The van der Waals surface area contributed by atoms with Gasteiger partial charge in [0.05, 0.1) is 6.10 Å². The number of aryl methyl sites for hydroxylation is 1. The number of hydrogen-bond donors (Lipinski definition) is 1. The Morgan fingerprint density at radius 1 is 1.35 bits per heavy atom. The fraction of sp³-hybridized carbons (Fsp3) is 0.562. The first-order valence-electron chi connectivity index (χ1n) is 7.28. The van der Waals surface area contributed by atoms with E-state index in [9.17, 15) is 9.90 Å². The molecule has 0 bridgehead atoms. The fourth-order valence-electron chi connectivity index (χ4n) is 2.55. The summed E-state index contributed by atoms with van der Waals surface area (Å²) in [6.45, 7) is 1.29. The van der Waals surface area contributed by atoms with Gasteiger partial charge in [0, 0.05) is 39.3 Å². The zero-order chi connectivity index (χ0) is 14.5. The van der Waals surface area contributed by atoms with Crippen molar-refractivity contribution in [2.45, 2.75) is 31.8 Å². The van der Waals surface area contributed by atoms with Gasteiger partial charge in [-0.2, -0.15) is 0 Å². The first-order valence-corrected chi connectivity index (χ1v) is 7.28. The van der Waals surface area contributed by atoms with Crippen LogP contribution >= 0.6 is 0 Å². The van der Waals surface area contributed by atoms with Gasteiger partial charge in [-0.1, -0.05) is 12.1 Å². The van der Waals surface area contributed by atoms with Gasteiger partial charge >= 0.3 is 0 Å². The molecule has 1 heterocycles. The molecule has 1 atom stereocenters. The van der Waals surface area contributed by atoms with Crippen molar-refractivity contribution < 1.29 is 9.90 Å². The SMILES string of the molecule is CN(C)c1ccc(CCC(=O)N2CCC[C@H](O)C2)cc1. The monoisotopic (exact) mass is 276 g/mol. The molecule has 0 spiro atoms. The molecule has 1 amide bonds. The average molecular weight is 276 g/mol. The third-order valence-electron chi connectivity index (χ3n) is 3.83. The fourth-order valence-corrected chi connectivity index (χ4v) is 2.55. The minimum Gasteiger partial charge on any atom is -0.391 e. The first kappa shape index (κ1) is 14.9. The van der Waals surface area contributed by atoms with Crippen molar-refractivity contribution in [1.82, 2.24) is 4.90 Å². The number of rotatable bonds is 4. The maximum Gasteiger partial charge on any atom is 0.222 e. The summed E-state index contributed by atoms with van der Waals surface area (Å²) in [5, 5.41) is 9.60. The Kier molecular flexibility index (Phi) is 5.01. The number of nitrogens with zero attached hydrogens (tertiary/aromatic N) is 2. The zero-order valence-corrected chi connectivity index (χ0v) is 12.4. The van der Waals surface area contributed by atoms with E-state index in [2.05, 4.69) is 29.2 Å². The van der Waals surface area contributed by atoms with E-state index in [1.165, 1.54) is 11.3 Å². The number of carbonyl (C=O) groups is 1. The van der Waals surface area contributed by atoms with E-state index in [0.717, 1.165) is 25.8 Å². The Morgan fingerprint density at radius 3 is 2.65 bits per heavy atom. The molecule has 4 heteroatoms. The van der Waals surface area contributed by atoms with Crippen LogP contribution in [0.4, 0.5) is 5.69 Å². The highest BCUT2D eigenvalue weighted by Gasteiger charge is 2.21. The number of aliphatic hydroxyl groups is 1. The number of aliphatic hydroxyl groups excluding tert-OH is 1. The lowest BCUT2D eigenvalue weighted by molar-refractivity contribution is -0.134. The second-order valence-corrected chi connectivity index (χ2v) is 5.70. The smallest absolute Gasteiger partial charge is 0.222 e. The summed E-state index contributed by atoms with van der Waals surface area (Å²) < 4.78 is 0. The minimum absolute atomic E-state index is 0.153. The van der Waals surface area contributed by atoms with Crippen LogP contribution in [-0.4, -0.2) is 49.2 Å². The van der Waals surface area contributed by atoms with E-state index >= 15 is 0 Å².